The molecule has 0 bridgehead atoms. The normalized spacial score (nSPS) is 12.1. The molecule has 1 heteroatoms. The molecule has 0 aliphatic rings. The summed E-state index contributed by atoms with van der Waals surface area (Å²) in [5.74, 6) is 0.216. The average molecular weight is 351 g/mol. The van der Waals surface area contributed by atoms with Crippen LogP contribution in [0.15, 0.2) is 91.0 Å². The van der Waals surface area contributed by atoms with Gasteiger partial charge in [0.05, 0.1) is 0 Å². The molecule has 134 valence electrons. The highest BCUT2D eigenvalue weighted by Crippen LogP contribution is 2.36. The van der Waals surface area contributed by atoms with Gasteiger partial charge in [-0.2, -0.15) is 0 Å². The number of benzene rings is 4. The minimum absolute atomic E-state index is 0.216. The van der Waals surface area contributed by atoms with Crippen LogP contribution >= 0.6 is 0 Å². The van der Waals surface area contributed by atoms with Crippen molar-refractivity contribution in [3.05, 3.63) is 113 Å². The summed E-state index contributed by atoms with van der Waals surface area (Å²) in [6.45, 7) is 2.14. The molecule has 0 spiro atoms. The minimum atomic E-state index is 0.216. The Morgan fingerprint density at radius 1 is 0.630 bits per heavy atom. The van der Waals surface area contributed by atoms with E-state index in [1.165, 1.54) is 38.7 Å². The summed E-state index contributed by atoms with van der Waals surface area (Å²) in [5.41, 5.74) is 6.52. The lowest BCUT2D eigenvalue weighted by Crippen LogP contribution is -2.09. The zero-order valence-corrected chi connectivity index (χ0v) is 16.2. The van der Waals surface area contributed by atoms with Crippen LogP contribution in [0.4, 0.5) is 5.69 Å². The Labute approximate surface area is 161 Å². The summed E-state index contributed by atoms with van der Waals surface area (Å²) in [4.78, 5) is 2.14. The van der Waals surface area contributed by atoms with Crippen LogP contribution in [0.25, 0.3) is 10.8 Å². The zero-order valence-electron chi connectivity index (χ0n) is 16.2. The third-order valence-electron chi connectivity index (χ3n) is 5.29. The summed E-state index contributed by atoms with van der Waals surface area (Å²) in [5, 5.41) is 2.61. The second-order valence-electron chi connectivity index (χ2n) is 7.40. The predicted octanol–water partition coefficient (Wildman–Crippen LogP) is 6.39. The van der Waals surface area contributed by atoms with Crippen molar-refractivity contribution in [1.29, 1.82) is 0 Å². The first-order valence-electron chi connectivity index (χ1n) is 9.45. The Kier molecular flexibility index (Phi) is 4.68. The van der Waals surface area contributed by atoms with Gasteiger partial charge in [0.1, 0.15) is 0 Å². The van der Waals surface area contributed by atoms with E-state index in [2.05, 4.69) is 117 Å². The number of anilines is 1. The zero-order chi connectivity index (χ0) is 18.8. The van der Waals surface area contributed by atoms with Crippen molar-refractivity contribution >= 4 is 16.5 Å². The van der Waals surface area contributed by atoms with Crippen LogP contribution in [0.2, 0.25) is 0 Å². The molecule has 0 saturated heterocycles. The predicted molar refractivity (Wildman–Crippen MR) is 117 cm³/mol. The van der Waals surface area contributed by atoms with Crippen LogP contribution < -0.4 is 4.90 Å². The molecule has 0 aromatic heterocycles. The van der Waals surface area contributed by atoms with Crippen molar-refractivity contribution in [2.75, 3.05) is 19.0 Å². The van der Waals surface area contributed by atoms with Crippen molar-refractivity contribution in [2.45, 2.75) is 12.8 Å². The Morgan fingerprint density at radius 3 is 1.89 bits per heavy atom. The van der Waals surface area contributed by atoms with Crippen LogP contribution in [-0.4, -0.2) is 14.1 Å². The van der Waals surface area contributed by atoms with Crippen LogP contribution in [-0.2, 0) is 0 Å². The van der Waals surface area contributed by atoms with Gasteiger partial charge >= 0.3 is 0 Å². The van der Waals surface area contributed by atoms with E-state index in [0.29, 0.717) is 0 Å². The van der Waals surface area contributed by atoms with Gasteiger partial charge in [-0.25, -0.2) is 0 Å². The van der Waals surface area contributed by atoms with E-state index in [9.17, 15) is 0 Å². The van der Waals surface area contributed by atoms with Crippen molar-refractivity contribution in [2.24, 2.45) is 0 Å². The van der Waals surface area contributed by atoms with Crippen LogP contribution in [0.3, 0.4) is 0 Å². The molecular weight excluding hydrogens is 326 g/mol. The molecule has 0 radical (unpaired) electrons. The highest BCUT2D eigenvalue weighted by atomic mass is 15.1. The van der Waals surface area contributed by atoms with Crippen LogP contribution in [0.5, 0.6) is 0 Å². The smallest absolute Gasteiger partial charge is 0.0361 e. The lowest BCUT2D eigenvalue weighted by atomic mass is 9.82. The molecular formula is C26H25N. The number of aryl methyl sites for hydroxylation is 1. The molecule has 4 rings (SSSR count). The van der Waals surface area contributed by atoms with Crippen molar-refractivity contribution in [3.63, 3.8) is 0 Å². The largest absolute Gasteiger partial charge is 0.378 e. The van der Waals surface area contributed by atoms with Crippen molar-refractivity contribution in [1.82, 2.24) is 0 Å². The summed E-state index contributed by atoms with van der Waals surface area (Å²) in [7, 11) is 4.16. The van der Waals surface area contributed by atoms with E-state index >= 15 is 0 Å². The van der Waals surface area contributed by atoms with Crippen molar-refractivity contribution < 1.29 is 0 Å². The molecule has 4 aromatic rings. The van der Waals surface area contributed by atoms with Crippen LogP contribution in [0, 0.1) is 6.92 Å². The van der Waals surface area contributed by atoms with Gasteiger partial charge in [-0.05, 0) is 46.5 Å². The van der Waals surface area contributed by atoms with Gasteiger partial charge in [-0.15, -0.1) is 0 Å². The van der Waals surface area contributed by atoms with Gasteiger partial charge < -0.3 is 4.90 Å². The molecule has 4 aromatic carbocycles. The molecule has 0 aliphatic carbocycles. The molecule has 0 aliphatic heterocycles. The van der Waals surface area contributed by atoms with Crippen molar-refractivity contribution in [3.8, 4) is 0 Å². The summed E-state index contributed by atoms with van der Waals surface area (Å²) < 4.78 is 0. The standard InChI is InChI=1S/C26H25N/c1-19-11-13-21(14-12-19)26(22-15-17-23(18-16-22)27(2)3)25-10-6-8-20-7-4-5-9-24(20)25/h4-18,26H,1-3H3. The van der Waals surface area contributed by atoms with Gasteiger partial charge in [0, 0.05) is 25.7 Å². The maximum atomic E-state index is 2.27. The fourth-order valence-corrected chi connectivity index (χ4v) is 3.78. The molecule has 0 heterocycles. The molecule has 1 unspecified atom stereocenters. The summed E-state index contributed by atoms with van der Waals surface area (Å²) in [6, 6.07) is 33.2. The Balaban J connectivity index is 1.91. The lowest BCUT2D eigenvalue weighted by Gasteiger charge is -2.22. The number of rotatable bonds is 4. The Bertz CT molecular complexity index is 1040. The fourth-order valence-electron chi connectivity index (χ4n) is 3.78. The first-order chi connectivity index (χ1) is 13.1. The monoisotopic (exact) mass is 351 g/mol. The number of nitrogens with zero attached hydrogens (tertiary/aromatic N) is 1. The van der Waals surface area contributed by atoms with E-state index in [4.69, 9.17) is 0 Å². The third kappa shape index (κ3) is 3.46. The maximum absolute atomic E-state index is 2.27. The summed E-state index contributed by atoms with van der Waals surface area (Å²) in [6.07, 6.45) is 0. The van der Waals surface area contributed by atoms with Gasteiger partial charge in [0.25, 0.3) is 0 Å². The number of fused-ring (bicyclic) bond motifs is 1. The molecule has 0 saturated carbocycles. The number of hydrogen-bond donors (Lipinski definition) is 0. The summed E-state index contributed by atoms with van der Waals surface area (Å²) >= 11 is 0. The van der Waals surface area contributed by atoms with E-state index < -0.39 is 0 Å². The van der Waals surface area contributed by atoms with E-state index in [0.717, 1.165) is 0 Å². The van der Waals surface area contributed by atoms with Gasteiger partial charge in [0.2, 0.25) is 0 Å². The highest BCUT2D eigenvalue weighted by molar-refractivity contribution is 5.87. The van der Waals surface area contributed by atoms with E-state index in [1.54, 1.807) is 0 Å². The van der Waals surface area contributed by atoms with Gasteiger partial charge in [0.15, 0.2) is 0 Å². The third-order valence-corrected chi connectivity index (χ3v) is 5.29. The molecule has 0 fully saturated rings. The quantitative estimate of drug-likeness (QED) is 0.385. The van der Waals surface area contributed by atoms with Gasteiger partial charge in [-0.1, -0.05) is 84.4 Å². The molecule has 1 nitrogen and oxygen atoms in total. The lowest BCUT2D eigenvalue weighted by molar-refractivity contribution is 0.985. The minimum Gasteiger partial charge on any atom is -0.378 e. The number of hydrogen-bond acceptors (Lipinski definition) is 1. The second kappa shape index (κ2) is 7.28. The highest BCUT2D eigenvalue weighted by Gasteiger charge is 2.19. The molecule has 27 heavy (non-hydrogen) atoms. The van der Waals surface area contributed by atoms with Crippen LogP contribution in [0.1, 0.15) is 28.2 Å². The SMILES string of the molecule is Cc1ccc(C(c2ccc(N(C)C)cc2)c2cccc3ccccc23)cc1. The first kappa shape index (κ1) is 17.4. The Hall–Kier alpha value is -3.06. The second-order valence-corrected chi connectivity index (χ2v) is 7.40. The van der Waals surface area contributed by atoms with E-state index in [-0.39, 0.29) is 5.92 Å². The molecule has 0 amide bonds. The molecule has 0 N–H and O–H groups in total. The average Bonchev–Trinajstić information content (AvgIpc) is 2.70. The van der Waals surface area contributed by atoms with Gasteiger partial charge in [-0.3, -0.25) is 0 Å². The topological polar surface area (TPSA) is 3.24 Å². The Morgan fingerprint density at radius 2 is 1.22 bits per heavy atom. The fraction of sp³-hybridized carbons (Fsp3) is 0.154. The maximum Gasteiger partial charge on any atom is 0.0361 e. The van der Waals surface area contributed by atoms with E-state index in [1.807, 2.05) is 0 Å². The molecule has 1 atom stereocenters. The first-order valence-corrected chi connectivity index (χ1v) is 9.45.